The van der Waals surface area contributed by atoms with Crippen molar-refractivity contribution < 1.29 is 15.3 Å². The highest BCUT2D eigenvalue weighted by Crippen LogP contribution is 2.35. The maximum absolute atomic E-state index is 9.78. The van der Waals surface area contributed by atoms with Gasteiger partial charge in [-0.3, -0.25) is 0 Å². The van der Waals surface area contributed by atoms with Crippen molar-refractivity contribution >= 4 is 0 Å². The monoisotopic (exact) mass is 174 g/mol. The molecule has 0 amide bonds. The minimum absolute atomic E-state index is 0.0749. The van der Waals surface area contributed by atoms with E-state index in [1.165, 1.54) is 0 Å². The molecule has 0 aliphatic heterocycles. The lowest BCUT2D eigenvalue weighted by Crippen LogP contribution is -2.47. The summed E-state index contributed by atoms with van der Waals surface area (Å²) in [5, 5.41) is 28.3. The quantitative estimate of drug-likeness (QED) is 0.530. The third-order valence-corrected chi connectivity index (χ3v) is 2.86. The van der Waals surface area contributed by atoms with Gasteiger partial charge in [-0.05, 0) is 24.7 Å². The highest BCUT2D eigenvalue weighted by atomic mass is 16.3. The van der Waals surface area contributed by atoms with Gasteiger partial charge in [-0.15, -0.1) is 0 Å². The Kier molecular flexibility index (Phi) is 2.76. The maximum atomic E-state index is 9.78. The molecule has 0 radical (unpaired) electrons. The topological polar surface area (TPSA) is 60.7 Å². The van der Waals surface area contributed by atoms with Crippen LogP contribution in [-0.2, 0) is 0 Å². The molecule has 0 aromatic rings. The summed E-state index contributed by atoms with van der Waals surface area (Å²) < 4.78 is 0. The Labute approximate surface area is 73.0 Å². The van der Waals surface area contributed by atoms with Crippen LogP contribution in [0, 0.1) is 11.8 Å². The van der Waals surface area contributed by atoms with E-state index in [4.69, 9.17) is 5.11 Å². The van der Waals surface area contributed by atoms with Crippen molar-refractivity contribution in [1.82, 2.24) is 0 Å². The maximum Gasteiger partial charge on any atom is 0.0884 e. The van der Waals surface area contributed by atoms with Gasteiger partial charge in [0, 0.05) is 0 Å². The lowest BCUT2D eigenvalue weighted by molar-refractivity contribution is -0.110. The van der Waals surface area contributed by atoms with Gasteiger partial charge in [-0.2, -0.15) is 0 Å². The zero-order valence-corrected chi connectivity index (χ0v) is 7.70. The van der Waals surface area contributed by atoms with Crippen LogP contribution in [0.1, 0.15) is 26.7 Å². The molecule has 1 fully saturated rings. The van der Waals surface area contributed by atoms with E-state index in [1.807, 2.05) is 13.8 Å². The molecule has 0 aromatic heterocycles. The normalized spacial score (nSPS) is 49.2. The van der Waals surface area contributed by atoms with Crippen molar-refractivity contribution in [3.8, 4) is 0 Å². The Hall–Kier alpha value is -0.120. The summed E-state index contributed by atoms with van der Waals surface area (Å²) in [6.07, 6.45) is 0.654. The van der Waals surface area contributed by atoms with E-state index in [1.54, 1.807) is 0 Å². The molecule has 0 heterocycles. The van der Waals surface area contributed by atoms with Crippen LogP contribution in [0.15, 0.2) is 0 Å². The minimum Gasteiger partial charge on any atom is -0.393 e. The average Bonchev–Trinajstić information content (AvgIpc) is 2.00. The van der Waals surface area contributed by atoms with Gasteiger partial charge < -0.3 is 15.3 Å². The summed E-state index contributed by atoms with van der Waals surface area (Å²) in [6.45, 7) is 3.61. The largest absolute Gasteiger partial charge is 0.393 e. The van der Waals surface area contributed by atoms with Crippen molar-refractivity contribution in [3.63, 3.8) is 0 Å². The molecule has 0 aromatic carbocycles. The van der Waals surface area contributed by atoms with E-state index in [9.17, 15) is 10.2 Å². The second-order valence-electron chi connectivity index (χ2n) is 4.24. The molecule has 1 aliphatic carbocycles. The van der Waals surface area contributed by atoms with E-state index >= 15 is 0 Å². The molecular weight excluding hydrogens is 156 g/mol. The van der Waals surface area contributed by atoms with Crippen molar-refractivity contribution in [2.45, 2.75) is 38.4 Å². The summed E-state index contributed by atoms with van der Waals surface area (Å²) in [7, 11) is 0. The SMILES string of the molecule is C[C@@H]1CC(O)(CO)C[C@@H](C)C1O. The summed E-state index contributed by atoms with van der Waals surface area (Å²) >= 11 is 0. The van der Waals surface area contributed by atoms with Gasteiger partial charge in [-0.1, -0.05) is 13.8 Å². The number of rotatable bonds is 1. The number of aliphatic hydroxyl groups excluding tert-OH is 2. The van der Waals surface area contributed by atoms with Gasteiger partial charge in [-0.25, -0.2) is 0 Å². The molecule has 2 atom stereocenters. The molecule has 72 valence electrons. The lowest BCUT2D eigenvalue weighted by Gasteiger charge is -2.41. The highest BCUT2D eigenvalue weighted by Gasteiger charge is 2.40. The van der Waals surface area contributed by atoms with Gasteiger partial charge in [0.2, 0.25) is 0 Å². The summed E-state index contributed by atoms with van der Waals surface area (Å²) in [5.41, 5.74) is -0.960. The zero-order chi connectivity index (χ0) is 9.35. The molecule has 1 aliphatic rings. The van der Waals surface area contributed by atoms with Crippen LogP contribution in [0.4, 0.5) is 0 Å². The summed E-state index contributed by atoms with van der Waals surface area (Å²) in [6, 6.07) is 0. The smallest absolute Gasteiger partial charge is 0.0884 e. The molecule has 1 rings (SSSR count). The molecular formula is C9H18O3. The zero-order valence-electron chi connectivity index (χ0n) is 7.70. The summed E-state index contributed by atoms with van der Waals surface area (Å²) in [5.74, 6) is 0.150. The Bertz CT molecular complexity index is 146. The van der Waals surface area contributed by atoms with Crippen molar-refractivity contribution in [2.24, 2.45) is 11.8 Å². The molecule has 0 saturated heterocycles. The second-order valence-corrected chi connectivity index (χ2v) is 4.24. The molecule has 3 heteroatoms. The fourth-order valence-electron chi connectivity index (χ4n) is 2.21. The van der Waals surface area contributed by atoms with Crippen molar-refractivity contribution in [3.05, 3.63) is 0 Å². The fourth-order valence-corrected chi connectivity index (χ4v) is 2.21. The average molecular weight is 174 g/mol. The first-order chi connectivity index (χ1) is 5.48. The van der Waals surface area contributed by atoms with Crippen molar-refractivity contribution in [1.29, 1.82) is 0 Å². The number of hydrogen-bond donors (Lipinski definition) is 3. The first-order valence-electron chi connectivity index (χ1n) is 4.50. The predicted molar refractivity (Wildman–Crippen MR) is 45.6 cm³/mol. The Morgan fingerprint density at radius 1 is 1.25 bits per heavy atom. The van der Waals surface area contributed by atoms with Gasteiger partial charge in [0.1, 0.15) is 0 Å². The second kappa shape index (κ2) is 3.32. The minimum atomic E-state index is -0.960. The standard InChI is InChI=1S/C9H18O3/c1-6-3-9(12,5-10)4-7(2)8(6)11/h6-8,10-12H,3-5H2,1-2H3/t6-,7-,8?,9?/m1/s1. The van der Waals surface area contributed by atoms with Crippen LogP contribution in [0.2, 0.25) is 0 Å². The highest BCUT2D eigenvalue weighted by molar-refractivity contribution is 4.91. The molecule has 0 unspecified atom stereocenters. The van der Waals surface area contributed by atoms with Crippen molar-refractivity contribution in [2.75, 3.05) is 6.61 Å². The molecule has 3 nitrogen and oxygen atoms in total. The van der Waals surface area contributed by atoms with Gasteiger partial charge >= 0.3 is 0 Å². The van der Waals surface area contributed by atoms with E-state index in [0.717, 1.165) is 0 Å². The van der Waals surface area contributed by atoms with Crippen LogP contribution in [-0.4, -0.2) is 33.6 Å². The predicted octanol–water partition coefficient (Wildman–Crippen LogP) is 0.137. The fraction of sp³-hybridized carbons (Fsp3) is 1.00. The van der Waals surface area contributed by atoms with Crippen LogP contribution < -0.4 is 0 Å². The molecule has 3 N–H and O–H groups in total. The molecule has 0 bridgehead atoms. The Balaban J connectivity index is 2.65. The first-order valence-corrected chi connectivity index (χ1v) is 4.50. The van der Waals surface area contributed by atoms with E-state index in [0.29, 0.717) is 12.8 Å². The van der Waals surface area contributed by atoms with E-state index < -0.39 is 5.60 Å². The Morgan fingerprint density at radius 3 is 2.00 bits per heavy atom. The summed E-state index contributed by atoms with van der Waals surface area (Å²) in [4.78, 5) is 0. The van der Waals surface area contributed by atoms with Gasteiger partial charge in [0.25, 0.3) is 0 Å². The first kappa shape index (κ1) is 9.96. The van der Waals surface area contributed by atoms with Gasteiger partial charge in [0.05, 0.1) is 18.3 Å². The van der Waals surface area contributed by atoms with Crippen LogP contribution in [0.5, 0.6) is 0 Å². The number of hydrogen-bond acceptors (Lipinski definition) is 3. The lowest BCUT2D eigenvalue weighted by atomic mass is 9.72. The Morgan fingerprint density at radius 2 is 1.67 bits per heavy atom. The van der Waals surface area contributed by atoms with Gasteiger partial charge in [0.15, 0.2) is 0 Å². The number of aliphatic hydroxyl groups is 3. The molecule has 0 spiro atoms. The molecule has 12 heavy (non-hydrogen) atoms. The third kappa shape index (κ3) is 1.79. The van der Waals surface area contributed by atoms with Crippen LogP contribution >= 0.6 is 0 Å². The van der Waals surface area contributed by atoms with E-state index in [-0.39, 0.29) is 24.5 Å². The van der Waals surface area contributed by atoms with E-state index in [2.05, 4.69) is 0 Å². The molecule has 1 saturated carbocycles. The van der Waals surface area contributed by atoms with Crippen LogP contribution in [0.25, 0.3) is 0 Å². The van der Waals surface area contributed by atoms with Crippen LogP contribution in [0.3, 0.4) is 0 Å². The third-order valence-electron chi connectivity index (χ3n) is 2.86.